The average molecular weight is 447 g/mol. The van der Waals surface area contributed by atoms with Crippen molar-refractivity contribution in [3.05, 3.63) is 88.5 Å². The number of fused-ring (bicyclic) bond motifs is 4. The SMILES string of the molecule is CN1OC2(N=C1N)c1cc(-c3cccc(N)c3)ccc1CC21CCc2c(ccc(F)c2F)C1. The van der Waals surface area contributed by atoms with Gasteiger partial charge in [0.25, 0.3) is 0 Å². The van der Waals surface area contributed by atoms with Crippen molar-refractivity contribution in [1.29, 1.82) is 0 Å². The number of benzene rings is 3. The second kappa shape index (κ2) is 6.78. The Morgan fingerprint density at radius 1 is 0.970 bits per heavy atom. The van der Waals surface area contributed by atoms with Gasteiger partial charge in [-0.1, -0.05) is 30.3 Å². The smallest absolute Gasteiger partial charge is 0.221 e. The Hall–Kier alpha value is -3.45. The minimum atomic E-state index is -1.03. The summed E-state index contributed by atoms with van der Waals surface area (Å²) in [5.74, 6) is -1.25. The first-order chi connectivity index (χ1) is 15.8. The second-order valence-corrected chi connectivity index (χ2v) is 9.33. The second-order valence-electron chi connectivity index (χ2n) is 9.33. The topological polar surface area (TPSA) is 76.9 Å². The Morgan fingerprint density at radius 2 is 1.73 bits per heavy atom. The molecule has 0 radical (unpaired) electrons. The highest BCUT2D eigenvalue weighted by Gasteiger charge is 2.63. The number of hydrogen-bond donors (Lipinski definition) is 2. The van der Waals surface area contributed by atoms with Gasteiger partial charge in [0, 0.05) is 23.7 Å². The van der Waals surface area contributed by atoms with E-state index in [0.29, 0.717) is 42.9 Å². The average Bonchev–Trinajstić information content (AvgIpc) is 3.24. The molecule has 6 rings (SSSR count). The van der Waals surface area contributed by atoms with Crippen molar-refractivity contribution in [3.8, 4) is 11.1 Å². The van der Waals surface area contributed by atoms with Gasteiger partial charge in [-0.3, -0.25) is 0 Å². The van der Waals surface area contributed by atoms with Crippen LogP contribution in [0.2, 0.25) is 0 Å². The molecule has 5 nitrogen and oxygen atoms in total. The molecule has 2 aliphatic carbocycles. The van der Waals surface area contributed by atoms with Gasteiger partial charge < -0.3 is 11.5 Å². The molecule has 3 aliphatic rings. The van der Waals surface area contributed by atoms with Gasteiger partial charge in [-0.15, -0.1) is 0 Å². The number of aliphatic imine (C=N–C) groups is 1. The largest absolute Gasteiger partial charge is 0.399 e. The summed E-state index contributed by atoms with van der Waals surface area (Å²) in [5, 5.41) is 1.50. The van der Waals surface area contributed by atoms with Crippen molar-refractivity contribution in [1.82, 2.24) is 5.06 Å². The maximum atomic E-state index is 14.5. The van der Waals surface area contributed by atoms with Crippen LogP contribution >= 0.6 is 0 Å². The number of halogens is 2. The molecule has 1 aliphatic heterocycles. The number of guanidine groups is 1. The molecule has 168 valence electrons. The highest BCUT2D eigenvalue weighted by atomic mass is 19.2. The van der Waals surface area contributed by atoms with Crippen LogP contribution < -0.4 is 11.5 Å². The Kier molecular flexibility index (Phi) is 4.14. The summed E-state index contributed by atoms with van der Waals surface area (Å²) in [6, 6.07) is 16.9. The first-order valence-electron chi connectivity index (χ1n) is 11.1. The molecule has 0 amide bonds. The lowest BCUT2D eigenvalue weighted by molar-refractivity contribution is -0.224. The normalized spacial score (nSPS) is 25.4. The molecule has 33 heavy (non-hydrogen) atoms. The van der Waals surface area contributed by atoms with Crippen molar-refractivity contribution in [2.75, 3.05) is 12.8 Å². The molecule has 2 unspecified atom stereocenters. The van der Waals surface area contributed by atoms with Crippen LogP contribution in [0, 0.1) is 17.0 Å². The lowest BCUT2D eigenvalue weighted by Crippen LogP contribution is -2.47. The van der Waals surface area contributed by atoms with Gasteiger partial charge in [-0.05, 0) is 77.8 Å². The van der Waals surface area contributed by atoms with Gasteiger partial charge in [0.05, 0.1) is 0 Å². The van der Waals surface area contributed by atoms with E-state index in [9.17, 15) is 8.78 Å². The minimum Gasteiger partial charge on any atom is -0.399 e. The zero-order chi connectivity index (χ0) is 23.0. The predicted molar refractivity (Wildman–Crippen MR) is 123 cm³/mol. The summed E-state index contributed by atoms with van der Waals surface area (Å²) < 4.78 is 28.4. The van der Waals surface area contributed by atoms with Crippen LogP contribution in [0.25, 0.3) is 11.1 Å². The van der Waals surface area contributed by atoms with Crippen LogP contribution in [0.5, 0.6) is 0 Å². The molecule has 3 aromatic carbocycles. The van der Waals surface area contributed by atoms with E-state index in [1.165, 1.54) is 11.1 Å². The van der Waals surface area contributed by atoms with E-state index in [1.54, 1.807) is 13.1 Å². The Bertz CT molecular complexity index is 1340. The molecule has 3 aromatic rings. The quantitative estimate of drug-likeness (QED) is 0.547. The van der Waals surface area contributed by atoms with E-state index < -0.39 is 22.8 Å². The molecule has 1 heterocycles. The Labute approximate surface area is 190 Å². The van der Waals surface area contributed by atoms with Crippen LogP contribution in [-0.2, 0) is 29.8 Å². The lowest BCUT2D eigenvalue weighted by Gasteiger charge is -2.44. The van der Waals surface area contributed by atoms with Crippen molar-refractivity contribution in [3.63, 3.8) is 0 Å². The van der Waals surface area contributed by atoms with Crippen LogP contribution in [0.15, 0.2) is 59.6 Å². The number of hydrogen-bond acceptors (Lipinski definition) is 5. The standard InChI is InChI=1S/C26H24F2N4O/c1-32-24(30)31-26(33-32)21-12-16(15-3-2-4-19(29)11-15)5-6-18(21)14-25(26)10-9-20-17(13-25)7-8-22(27)23(20)28/h2-8,11-12H,9-10,13-14,29H2,1H3,(H2,30,31). The van der Waals surface area contributed by atoms with Crippen LogP contribution in [0.4, 0.5) is 14.5 Å². The number of hydroxylamine groups is 2. The maximum absolute atomic E-state index is 14.5. The fraction of sp³-hybridized carbons (Fsp3) is 0.269. The molecular formula is C26H24F2N4O. The summed E-state index contributed by atoms with van der Waals surface area (Å²) in [6.07, 6.45) is 2.25. The molecule has 2 atom stereocenters. The third-order valence-corrected chi connectivity index (χ3v) is 7.48. The van der Waals surface area contributed by atoms with Crippen LogP contribution in [0.1, 0.15) is 28.7 Å². The molecule has 0 fully saturated rings. The molecule has 0 aromatic heterocycles. The van der Waals surface area contributed by atoms with Gasteiger partial charge in [-0.2, -0.15) is 0 Å². The van der Waals surface area contributed by atoms with E-state index in [1.807, 2.05) is 24.3 Å². The highest BCUT2D eigenvalue weighted by Crippen LogP contribution is 2.61. The van der Waals surface area contributed by atoms with Gasteiger partial charge >= 0.3 is 0 Å². The monoisotopic (exact) mass is 446 g/mol. The predicted octanol–water partition coefficient (Wildman–Crippen LogP) is 4.29. The summed E-state index contributed by atoms with van der Waals surface area (Å²) in [6.45, 7) is 0. The van der Waals surface area contributed by atoms with E-state index in [-0.39, 0.29) is 0 Å². The maximum Gasteiger partial charge on any atom is 0.221 e. The van der Waals surface area contributed by atoms with Crippen molar-refractivity contribution < 1.29 is 13.6 Å². The number of nitrogens with two attached hydrogens (primary N) is 2. The van der Waals surface area contributed by atoms with E-state index in [0.717, 1.165) is 27.8 Å². The number of nitrogens with zero attached hydrogens (tertiary/aromatic N) is 2. The minimum absolute atomic E-state index is 0.299. The van der Waals surface area contributed by atoms with Crippen molar-refractivity contribution in [2.45, 2.75) is 31.4 Å². The third kappa shape index (κ3) is 2.75. The van der Waals surface area contributed by atoms with E-state index in [2.05, 4.69) is 18.2 Å². The molecule has 2 spiro atoms. The molecular weight excluding hydrogens is 422 g/mol. The zero-order valence-electron chi connectivity index (χ0n) is 18.2. The Morgan fingerprint density at radius 3 is 2.48 bits per heavy atom. The molecule has 0 saturated carbocycles. The summed E-state index contributed by atoms with van der Waals surface area (Å²) in [7, 11) is 1.74. The molecule has 0 saturated heterocycles. The van der Waals surface area contributed by atoms with Gasteiger partial charge in [0.2, 0.25) is 11.7 Å². The number of anilines is 1. The van der Waals surface area contributed by atoms with Crippen LogP contribution in [-0.4, -0.2) is 18.1 Å². The number of nitrogen functional groups attached to an aromatic ring is 1. The summed E-state index contributed by atoms with van der Waals surface area (Å²) in [4.78, 5) is 11.3. The molecule has 0 bridgehead atoms. The molecule has 7 heteroatoms. The first-order valence-corrected chi connectivity index (χ1v) is 11.1. The Balaban J connectivity index is 1.51. The molecule has 4 N–H and O–H groups in total. The van der Waals surface area contributed by atoms with E-state index >= 15 is 0 Å². The number of rotatable bonds is 1. The van der Waals surface area contributed by atoms with Crippen molar-refractivity contribution >= 4 is 11.6 Å². The van der Waals surface area contributed by atoms with Gasteiger partial charge in [0.1, 0.15) is 0 Å². The van der Waals surface area contributed by atoms with Crippen molar-refractivity contribution in [2.24, 2.45) is 16.1 Å². The summed E-state index contributed by atoms with van der Waals surface area (Å²) in [5.41, 5.74) is 16.8. The van der Waals surface area contributed by atoms with Gasteiger partial charge in [-0.25, -0.2) is 23.7 Å². The highest BCUT2D eigenvalue weighted by molar-refractivity contribution is 5.79. The summed E-state index contributed by atoms with van der Waals surface area (Å²) >= 11 is 0. The zero-order valence-corrected chi connectivity index (χ0v) is 18.2. The fourth-order valence-corrected chi connectivity index (χ4v) is 5.86. The third-order valence-electron chi connectivity index (χ3n) is 7.48. The lowest BCUT2D eigenvalue weighted by atomic mass is 9.65. The van der Waals surface area contributed by atoms with Crippen LogP contribution in [0.3, 0.4) is 0 Å². The fourth-order valence-electron chi connectivity index (χ4n) is 5.86. The van der Waals surface area contributed by atoms with E-state index in [4.69, 9.17) is 21.3 Å². The van der Waals surface area contributed by atoms with Gasteiger partial charge in [0.15, 0.2) is 11.6 Å². The first kappa shape index (κ1) is 20.2.